The molecular weight excluding hydrogens is 208 g/mol. The van der Waals surface area contributed by atoms with Crippen molar-refractivity contribution in [3.63, 3.8) is 0 Å². The average molecular weight is 219 g/mol. The van der Waals surface area contributed by atoms with Gasteiger partial charge in [0.05, 0.1) is 22.9 Å². The van der Waals surface area contributed by atoms with Crippen LogP contribution in [-0.2, 0) is 0 Å². The third kappa shape index (κ3) is 2.36. The molecule has 0 spiro atoms. The number of nitrogens with zero attached hydrogens (tertiary/aromatic N) is 2. The van der Waals surface area contributed by atoms with Gasteiger partial charge in [0.2, 0.25) is 0 Å². The molecule has 2 nitrogen and oxygen atoms in total. The molecule has 2 aromatic rings. The fourth-order valence-electron chi connectivity index (χ4n) is 1.73. The number of rotatable bonds is 2. The van der Waals surface area contributed by atoms with E-state index in [4.69, 9.17) is 0 Å². The smallest absolute Gasteiger partial charge is 0.0894 e. The molecule has 0 saturated heterocycles. The van der Waals surface area contributed by atoms with E-state index in [1.54, 1.807) is 6.20 Å². The van der Waals surface area contributed by atoms with Crippen LogP contribution >= 0.6 is 0 Å². The predicted molar refractivity (Wildman–Crippen MR) is 69.0 cm³/mol. The molecule has 1 aliphatic rings. The minimum absolute atomic E-state index is 0.880. The van der Waals surface area contributed by atoms with Crippen molar-refractivity contribution >= 4 is 17.1 Å². The van der Waals surface area contributed by atoms with E-state index in [1.807, 2.05) is 49.3 Å². The molecule has 1 fully saturated rings. The van der Waals surface area contributed by atoms with Crippen LogP contribution in [-0.4, -0.2) is 9.97 Å². The van der Waals surface area contributed by atoms with Crippen molar-refractivity contribution in [2.45, 2.75) is 0 Å². The van der Waals surface area contributed by atoms with Gasteiger partial charge in [0.25, 0.3) is 0 Å². The topological polar surface area (TPSA) is 25.8 Å². The molecule has 1 aromatic heterocycles. The number of aromatic nitrogens is 2. The Kier molecular flexibility index (Phi) is 2.87. The van der Waals surface area contributed by atoms with Crippen LogP contribution in [0.5, 0.6) is 0 Å². The molecule has 0 unspecified atom stereocenters. The Hall–Kier alpha value is -1.70. The van der Waals surface area contributed by atoms with E-state index in [2.05, 4.69) is 22.8 Å². The first-order valence-electron chi connectivity index (χ1n) is 5.53. The van der Waals surface area contributed by atoms with Crippen LogP contribution in [0.25, 0.3) is 17.1 Å². The van der Waals surface area contributed by atoms with Crippen molar-refractivity contribution in [1.29, 1.82) is 0 Å². The summed E-state index contributed by atoms with van der Waals surface area (Å²) in [4.78, 5) is 8.89. The van der Waals surface area contributed by atoms with Gasteiger partial charge in [0, 0.05) is 5.92 Å². The van der Waals surface area contributed by atoms with Gasteiger partial charge in [-0.25, -0.2) is 4.98 Å². The van der Waals surface area contributed by atoms with Gasteiger partial charge in [0.1, 0.15) is 0 Å². The number of fused-ring (bicyclic) bond motifs is 1. The Labute approximate surface area is 101 Å². The molecule has 0 aliphatic heterocycles. The number of hydrogen-bond acceptors (Lipinski definition) is 2. The van der Waals surface area contributed by atoms with E-state index >= 15 is 0 Å². The fraction of sp³-hybridized carbons (Fsp3) is 0. The second-order valence-corrected chi connectivity index (χ2v) is 3.84. The maximum absolute atomic E-state index is 4.53. The van der Waals surface area contributed by atoms with Gasteiger partial charge < -0.3 is 0 Å². The van der Waals surface area contributed by atoms with Crippen molar-refractivity contribution in [2.75, 3.05) is 0 Å². The van der Waals surface area contributed by atoms with Gasteiger partial charge in [-0.05, 0) is 43.9 Å². The standard InChI is InChI=1S/C15H11N2/c1-2-6-12(5-1)9-10-13-11-16-14-7-3-4-8-15(14)17-13/h1-11H/b10-9+. The van der Waals surface area contributed by atoms with Crippen LogP contribution in [0, 0.1) is 31.6 Å². The summed E-state index contributed by atoms with van der Waals surface area (Å²) in [6.45, 7) is 0. The quantitative estimate of drug-likeness (QED) is 0.775. The van der Waals surface area contributed by atoms with Gasteiger partial charge in [-0.15, -0.1) is 0 Å². The number of allylic oxidation sites excluding steroid dienone is 1. The molecular formula is C15H11N2. The Morgan fingerprint density at radius 1 is 0.882 bits per heavy atom. The van der Waals surface area contributed by atoms with Crippen LogP contribution in [0.15, 0.2) is 36.5 Å². The lowest BCUT2D eigenvalue weighted by Crippen LogP contribution is -1.88. The molecule has 1 aliphatic carbocycles. The summed E-state index contributed by atoms with van der Waals surface area (Å²) in [5.41, 5.74) is 2.74. The molecule has 1 aromatic carbocycles. The summed E-state index contributed by atoms with van der Waals surface area (Å²) in [6, 6.07) is 7.88. The predicted octanol–water partition coefficient (Wildman–Crippen LogP) is 3.05. The first-order valence-corrected chi connectivity index (χ1v) is 5.53. The van der Waals surface area contributed by atoms with E-state index in [-0.39, 0.29) is 0 Å². The largest absolute Gasteiger partial charge is 0.252 e. The molecule has 5 radical (unpaired) electrons. The highest BCUT2D eigenvalue weighted by Gasteiger charge is 2.13. The van der Waals surface area contributed by atoms with Gasteiger partial charge in [-0.2, -0.15) is 0 Å². The van der Waals surface area contributed by atoms with Crippen molar-refractivity contribution in [1.82, 2.24) is 9.97 Å². The zero-order valence-corrected chi connectivity index (χ0v) is 9.25. The van der Waals surface area contributed by atoms with Gasteiger partial charge in [-0.3, -0.25) is 4.98 Å². The first-order chi connectivity index (χ1) is 8.42. The highest BCUT2D eigenvalue weighted by molar-refractivity contribution is 5.74. The Morgan fingerprint density at radius 2 is 1.65 bits per heavy atom. The van der Waals surface area contributed by atoms with Gasteiger partial charge in [0.15, 0.2) is 0 Å². The second kappa shape index (κ2) is 4.66. The fourth-order valence-corrected chi connectivity index (χ4v) is 1.73. The molecule has 1 heterocycles. The van der Waals surface area contributed by atoms with E-state index < -0.39 is 0 Å². The van der Waals surface area contributed by atoms with Crippen LogP contribution in [0.2, 0.25) is 0 Å². The van der Waals surface area contributed by atoms with Crippen molar-refractivity contribution in [2.24, 2.45) is 0 Å². The Balaban J connectivity index is 1.85. The van der Waals surface area contributed by atoms with Gasteiger partial charge in [-0.1, -0.05) is 18.2 Å². The molecule has 81 valence electrons. The monoisotopic (exact) mass is 219 g/mol. The van der Waals surface area contributed by atoms with Crippen molar-refractivity contribution in [3.05, 3.63) is 73.8 Å². The molecule has 0 bridgehead atoms. The maximum atomic E-state index is 4.53. The van der Waals surface area contributed by atoms with E-state index in [0.29, 0.717) is 0 Å². The molecule has 0 N–H and O–H groups in total. The van der Waals surface area contributed by atoms with Crippen LogP contribution in [0.4, 0.5) is 0 Å². The average Bonchev–Trinajstić information content (AvgIpc) is 2.89. The number of hydrogen-bond donors (Lipinski definition) is 0. The molecule has 3 rings (SSSR count). The Bertz CT molecular complexity index is 539. The normalized spacial score (nSPS) is 17.2. The third-order valence-corrected chi connectivity index (χ3v) is 2.60. The first kappa shape index (κ1) is 10.5. The third-order valence-electron chi connectivity index (χ3n) is 2.60. The zero-order chi connectivity index (χ0) is 11.5. The Morgan fingerprint density at radius 3 is 2.47 bits per heavy atom. The molecule has 1 saturated carbocycles. The summed E-state index contributed by atoms with van der Waals surface area (Å²) in [5.74, 6) is 1.18. The van der Waals surface area contributed by atoms with E-state index in [9.17, 15) is 0 Å². The van der Waals surface area contributed by atoms with Crippen molar-refractivity contribution in [3.8, 4) is 0 Å². The summed E-state index contributed by atoms with van der Waals surface area (Å²) in [7, 11) is 0. The SMILES string of the molecule is [CH]1[CH][CH][C](/C=C/c2cnc3ccccc3n2)[CH]1. The molecule has 0 amide bonds. The van der Waals surface area contributed by atoms with E-state index in [0.717, 1.165) is 16.7 Å². The molecule has 17 heavy (non-hydrogen) atoms. The maximum Gasteiger partial charge on any atom is 0.0894 e. The van der Waals surface area contributed by atoms with E-state index in [1.165, 1.54) is 5.92 Å². The molecule has 0 atom stereocenters. The highest BCUT2D eigenvalue weighted by Crippen LogP contribution is 2.24. The molecule has 2 heteroatoms. The number of benzene rings is 1. The zero-order valence-electron chi connectivity index (χ0n) is 9.25. The summed E-state index contributed by atoms with van der Waals surface area (Å²) in [5, 5.41) is 0. The lowest BCUT2D eigenvalue weighted by atomic mass is 10.1. The highest BCUT2D eigenvalue weighted by atomic mass is 14.8. The summed E-state index contributed by atoms with van der Waals surface area (Å²) < 4.78 is 0. The lowest BCUT2D eigenvalue weighted by molar-refractivity contribution is 1.26. The summed E-state index contributed by atoms with van der Waals surface area (Å²) >= 11 is 0. The van der Waals surface area contributed by atoms with Crippen LogP contribution < -0.4 is 0 Å². The minimum Gasteiger partial charge on any atom is -0.252 e. The second-order valence-electron chi connectivity index (χ2n) is 3.84. The van der Waals surface area contributed by atoms with Crippen LogP contribution in [0.1, 0.15) is 5.69 Å². The van der Waals surface area contributed by atoms with Gasteiger partial charge >= 0.3 is 0 Å². The number of para-hydroxylation sites is 2. The minimum atomic E-state index is 0.880. The van der Waals surface area contributed by atoms with Crippen molar-refractivity contribution < 1.29 is 0 Å². The van der Waals surface area contributed by atoms with Crippen LogP contribution in [0.3, 0.4) is 0 Å². The summed E-state index contributed by atoms with van der Waals surface area (Å²) in [6.07, 6.45) is 14.0. The lowest BCUT2D eigenvalue weighted by Gasteiger charge is -2.00.